The third-order valence-electron chi connectivity index (χ3n) is 3.46. The SMILES string of the molecule is COCCN(Cc1ccccc1)C(=O)c1ccc([N+](=O)[O-])cc1I. The molecule has 0 saturated heterocycles. The van der Waals surface area contributed by atoms with Crippen molar-refractivity contribution in [2.24, 2.45) is 0 Å². The molecule has 0 aliphatic carbocycles. The Morgan fingerprint density at radius 2 is 1.96 bits per heavy atom. The van der Waals surface area contributed by atoms with Crippen LogP contribution in [0.1, 0.15) is 15.9 Å². The van der Waals surface area contributed by atoms with E-state index in [1.165, 1.54) is 18.2 Å². The molecule has 0 fully saturated rings. The van der Waals surface area contributed by atoms with Gasteiger partial charge in [-0.25, -0.2) is 0 Å². The van der Waals surface area contributed by atoms with Crippen LogP contribution in [0.15, 0.2) is 48.5 Å². The summed E-state index contributed by atoms with van der Waals surface area (Å²) in [4.78, 5) is 24.9. The van der Waals surface area contributed by atoms with Gasteiger partial charge in [-0.1, -0.05) is 30.3 Å². The fourth-order valence-corrected chi connectivity index (χ4v) is 2.95. The molecule has 0 spiro atoms. The zero-order chi connectivity index (χ0) is 17.5. The van der Waals surface area contributed by atoms with Crippen molar-refractivity contribution in [2.45, 2.75) is 6.54 Å². The normalized spacial score (nSPS) is 10.4. The summed E-state index contributed by atoms with van der Waals surface area (Å²) in [7, 11) is 1.58. The number of carbonyl (C=O) groups excluding carboxylic acids is 1. The van der Waals surface area contributed by atoms with Crippen LogP contribution in [-0.4, -0.2) is 36.0 Å². The van der Waals surface area contributed by atoms with E-state index in [1.807, 2.05) is 52.9 Å². The lowest BCUT2D eigenvalue weighted by Gasteiger charge is -2.23. The summed E-state index contributed by atoms with van der Waals surface area (Å²) in [6.07, 6.45) is 0. The molecule has 24 heavy (non-hydrogen) atoms. The summed E-state index contributed by atoms with van der Waals surface area (Å²) in [6, 6.07) is 13.9. The number of non-ortho nitro benzene ring substituents is 1. The summed E-state index contributed by atoms with van der Waals surface area (Å²) in [5.74, 6) is -0.171. The average Bonchev–Trinajstić information content (AvgIpc) is 2.58. The molecule has 7 heteroatoms. The van der Waals surface area contributed by atoms with Gasteiger partial charge in [0.2, 0.25) is 0 Å². The molecule has 0 atom stereocenters. The minimum atomic E-state index is -0.469. The van der Waals surface area contributed by atoms with Gasteiger partial charge in [0.15, 0.2) is 0 Å². The van der Waals surface area contributed by atoms with Crippen LogP contribution in [-0.2, 0) is 11.3 Å². The van der Waals surface area contributed by atoms with E-state index in [0.717, 1.165) is 5.56 Å². The minimum Gasteiger partial charge on any atom is -0.383 e. The first-order valence-electron chi connectivity index (χ1n) is 7.29. The molecule has 0 aromatic heterocycles. The predicted molar refractivity (Wildman–Crippen MR) is 98.9 cm³/mol. The minimum absolute atomic E-state index is 0.0255. The van der Waals surface area contributed by atoms with Crippen molar-refractivity contribution in [3.05, 3.63) is 73.3 Å². The molecule has 0 N–H and O–H groups in total. The number of halogens is 1. The maximum atomic E-state index is 12.9. The Bertz CT molecular complexity index is 722. The van der Waals surface area contributed by atoms with Crippen LogP contribution in [0, 0.1) is 13.7 Å². The van der Waals surface area contributed by atoms with E-state index in [9.17, 15) is 14.9 Å². The largest absolute Gasteiger partial charge is 0.383 e. The molecule has 2 rings (SSSR count). The van der Waals surface area contributed by atoms with E-state index in [1.54, 1.807) is 12.0 Å². The Hall–Kier alpha value is -2.00. The molecule has 0 aliphatic rings. The van der Waals surface area contributed by atoms with Gasteiger partial charge in [0.05, 0.1) is 17.1 Å². The number of hydrogen-bond donors (Lipinski definition) is 0. The molecular formula is C17H17IN2O4. The van der Waals surface area contributed by atoms with Crippen molar-refractivity contribution in [2.75, 3.05) is 20.3 Å². The fourth-order valence-electron chi connectivity index (χ4n) is 2.22. The number of amides is 1. The number of nitro benzene ring substituents is 1. The lowest BCUT2D eigenvalue weighted by Crippen LogP contribution is -2.34. The number of hydrogen-bond acceptors (Lipinski definition) is 4. The van der Waals surface area contributed by atoms with Crippen LogP contribution in [0.4, 0.5) is 5.69 Å². The first-order valence-corrected chi connectivity index (χ1v) is 8.37. The van der Waals surface area contributed by atoms with E-state index < -0.39 is 4.92 Å². The van der Waals surface area contributed by atoms with Gasteiger partial charge in [-0.2, -0.15) is 0 Å². The third kappa shape index (κ3) is 4.75. The standard InChI is InChI=1S/C17H17IN2O4/c1-24-10-9-19(12-13-5-3-2-4-6-13)17(21)15-8-7-14(20(22)23)11-16(15)18/h2-8,11H,9-10,12H2,1H3. The van der Waals surface area contributed by atoms with Crippen LogP contribution in [0.2, 0.25) is 0 Å². The van der Waals surface area contributed by atoms with Crippen molar-refractivity contribution in [3.63, 3.8) is 0 Å². The molecule has 2 aromatic rings. The number of nitro groups is 1. The van der Waals surface area contributed by atoms with Gasteiger partial charge < -0.3 is 9.64 Å². The number of rotatable bonds is 7. The lowest BCUT2D eigenvalue weighted by atomic mass is 10.1. The lowest BCUT2D eigenvalue weighted by molar-refractivity contribution is -0.384. The molecule has 0 saturated carbocycles. The van der Waals surface area contributed by atoms with E-state index in [-0.39, 0.29) is 11.6 Å². The Labute approximate surface area is 153 Å². The molecule has 1 amide bonds. The smallest absolute Gasteiger partial charge is 0.270 e. The van der Waals surface area contributed by atoms with Gasteiger partial charge in [-0.15, -0.1) is 0 Å². The van der Waals surface area contributed by atoms with E-state index in [0.29, 0.717) is 28.8 Å². The van der Waals surface area contributed by atoms with Gasteiger partial charge in [0.25, 0.3) is 11.6 Å². The Morgan fingerprint density at radius 1 is 1.25 bits per heavy atom. The first-order chi connectivity index (χ1) is 11.5. The summed E-state index contributed by atoms with van der Waals surface area (Å²) >= 11 is 1.95. The maximum absolute atomic E-state index is 12.9. The van der Waals surface area contributed by atoms with Crippen molar-refractivity contribution < 1.29 is 14.5 Å². The highest BCUT2D eigenvalue weighted by atomic mass is 127. The van der Waals surface area contributed by atoms with Crippen LogP contribution in [0.5, 0.6) is 0 Å². The molecule has 6 nitrogen and oxygen atoms in total. The highest BCUT2D eigenvalue weighted by molar-refractivity contribution is 14.1. The predicted octanol–water partition coefficient (Wildman–Crippen LogP) is 3.49. The van der Waals surface area contributed by atoms with Gasteiger partial charge in [0, 0.05) is 35.9 Å². The first kappa shape index (κ1) is 18.3. The molecule has 0 radical (unpaired) electrons. The quantitative estimate of drug-likeness (QED) is 0.376. The third-order valence-corrected chi connectivity index (χ3v) is 4.36. The Balaban J connectivity index is 2.25. The molecule has 126 valence electrons. The monoisotopic (exact) mass is 440 g/mol. The van der Waals surface area contributed by atoms with Gasteiger partial charge in [-0.3, -0.25) is 14.9 Å². The van der Waals surface area contributed by atoms with E-state index >= 15 is 0 Å². The molecule has 0 heterocycles. The second kappa shape index (κ2) is 8.74. The van der Waals surface area contributed by atoms with Crippen molar-refractivity contribution >= 4 is 34.2 Å². The Kier molecular flexibility index (Phi) is 6.68. The van der Waals surface area contributed by atoms with E-state index in [4.69, 9.17) is 4.74 Å². The average molecular weight is 440 g/mol. The zero-order valence-corrected chi connectivity index (χ0v) is 15.3. The zero-order valence-electron chi connectivity index (χ0n) is 13.1. The highest BCUT2D eigenvalue weighted by Gasteiger charge is 2.20. The molecule has 0 unspecified atom stereocenters. The van der Waals surface area contributed by atoms with Crippen LogP contribution in [0.3, 0.4) is 0 Å². The second-order valence-corrected chi connectivity index (χ2v) is 6.29. The number of carbonyl (C=O) groups is 1. The molecule has 2 aromatic carbocycles. The van der Waals surface area contributed by atoms with Gasteiger partial charge >= 0.3 is 0 Å². The number of benzene rings is 2. The molecule has 0 aliphatic heterocycles. The number of ether oxygens (including phenoxy) is 1. The summed E-state index contributed by atoms with van der Waals surface area (Å²) in [6.45, 7) is 1.32. The van der Waals surface area contributed by atoms with Crippen LogP contribution < -0.4 is 0 Å². The van der Waals surface area contributed by atoms with Crippen LogP contribution >= 0.6 is 22.6 Å². The van der Waals surface area contributed by atoms with Crippen molar-refractivity contribution in [3.8, 4) is 0 Å². The summed E-state index contributed by atoms with van der Waals surface area (Å²) in [5, 5.41) is 10.8. The maximum Gasteiger partial charge on any atom is 0.270 e. The highest BCUT2D eigenvalue weighted by Crippen LogP contribution is 2.21. The van der Waals surface area contributed by atoms with Crippen molar-refractivity contribution in [1.82, 2.24) is 4.90 Å². The number of nitrogens with zero attached hydrogens (tertiary/aromatic N) is 2. The molecule has 0 bridgehead atoms. The topological polar surface area (TPSA) is 72.7 Å². The van der Waals surface area contributed by atoms with Gasteiger partial charge in [0.1, 0.15) is 0 Å². The van der Waals surface area contributed by atoms with Gasteiger partial charge in [-0.05, 0) is 34.2 Å². The summed E-state index contributed by atoms with van der Waals surface area (Å²) in [5.41, 5.74) is 1.44. The Morgan fingerprint density at radius 3 is 2.54 bits per heavy atom. The fraction of sp³-hybridized carbons (Fsp3) is 0.235. The van der Waals surface area contributed by atoms with E-state index in [2.05, 4.69) is 0 Å². The summed E-state index contributed by atoms with van der Waals surface area (Å²) < 4.78 is 5.65. The second-order valence-electron chi connectivity index (χ2n) is 5.13. The van der Waals surface area contributed by atoms with Crippen molar-refractivity contribution in [1.29, 1.82) is 0 Å². The molecular weight excluding hydrogens is 423 g/mol. The van der Waals surface area contributed by atoms with Crippen LogP contribution in [0.25, 0.3) is 0 Å². The number of methoxy groups -OCH3 is 1.